The molecule has 0 radical (unpaired) electrons. The first kappa shape index (κ1) is 14.7. The monoisotopic (exact) mass is 291 g/mol. The van der Waals surface area contributed by atoms with E-state index in [0.29, 0.717) is 23.3 Å². The molecule has 0 bridgehead atoms. The SMILES string of the molecule is CC1(C)C(CNCC(O)c2ccc3c(c2)OCO3)C1(C)C. The average molecular weight is 291 g/mol. The summed E-state index contributed by atoms with van der Waals surface area (Å²) >= 11 is 0. The van der Waals surface area contributed by atoms with Crippen molar-refractivity contribution in [3.8, 4) is 11.5 Å². The molecule has 0 saturated heterocycles. The van der Waals surface area contributed by atoms with E-state index in [1.54, 1.807) is 0 Å². The quantitative estimate of drug-likeness (QED) is 0.876. The molecule has 1 fully saturated rings. The van der Waals surface area contributed by atoms with Gasteiger partial charge in [-0.1, -0.05) is 33.8 Å². The van der Waals surface area contributed by atoms with Crippen molar-refractivity contribution in [3.05, 3.63) is 23.8 Å². The molecule has 1 aliphatic carbocycles. The fraction of sp³-hybridized carbons (Fsp3) is 0.647. The molecule has 1 aliphatic heterocycles. The molecule has 116 valence electrons. The lowest BCUT2D eigenvalue weighted by Gasteiger charge is -2.13. The molecular weight excluding hydrogens is 266 g/mol. The van der Waals surface area contributed by atoms with Crippen LogP contribution in [0.15, 0.2) is 18.2 Å². The Hall–Kier alpha value is -1.26. The minimum absolute atomic E-state index is 0.263. The summed E-state index contributed by atoms with van der Waals surface area (Å²) in [5, 5.41) is 13.7. The van der Waals surface area contributed by atoms with Crippen LogP contribution in [0.5, 0.6) is 11.5 Å². The maximum atomic E-state index is 10.3. The van der Waals surface area contributed by atoms with Crippen molar-refractivity contribution in [3.63, 3.8) is 0 Å². The lowest BCUT2D eigenvalue weighted by molar-refractivity contribution is 0.169. The van der Waals surface area contributed by atoms with Crippen molar-refractivity contribution in [2.75, 3.05) is 19.9 Å². The van der Waals surface area contributed by atoms with Gasteiger partial charge in [0, 0.05) is 6.54 Å². The second-order valence-electron chi connectivity index (χ2n) is 7.28. The van der Waals surface area contributed by atoms with E-state index in [-0.39, 0.29) is 6.79 Å². The Labute approximate surface area is 126 Å². The lowest BCUT2D eigenvalue weighted by atomic mass is 10.0. The molecule has 1 saturated carbocycles. The number of nitrogens with one attached hydrogen (secondary N) is 1. The molecule has 0 amide bonds. The number of aliphatic hydroxyl groups excluding tert-OH is 1. The van der Waals surface area contributed by atoms with Crippen LogP contribution >= 0.6 is 0 Å². The maximum Gasteiger partial charge on any atom is 0.231 e. The highest BCUT2D eigenvalue weighted by Crippen LogP contribution is 2.67. The van der Waals surface area contributed by atoms with Crippen LogP contribution in [-0.4, -0.2) is 25.0 Å². The van der Waals surface area contributed by atoms with Crippen molar-refractivity contribution < 1.29 is 14.6 Å². The highest BCUT2D eigenvalue weighted by atomic mass is 16.7. The molecule has 0 spiro atoms. The predicted octanol–water partition coefficient (Wildman–Crippen LogP) is 2.72. The van der Waals surface area contributed by atoms with Crippen LogP contribution in [0.4, 0.5) is 0 Å². The van der Waals surface area contributed by atoms with E-state index in [9.17, 15) is 5.11 Å². The number of rotatable bonds is 5. The van der Waals surface area contributed by atoms with Gasteiger partial charge in [-0.05, 0) is 41.0 Å². The van der Waals surface area contributed by atoms with E-state index in [4.69, 9.17) is 9.47 Å². The minimum atomic E-state index is -0.524. The Balaban J connectivity index is 1.52. The largest absolute Gasteiger partial charge is 0.454 e. The molecule has 1 atom stereocenters. The Kier molecular flexibility index (Phi) is 3.41. The van der Waals surface area contributed by atoms with E-state index >= 15 is 0 Å². The third kappa shape index (κ3) is 2.40. The van der Waals surface area contributed by atoms with Gasteiger partial charge in [-0.3, -0.25) is 0 Å². The fourth-order valence-corrected chi connectivity index (χ4v) is 3.45. The molecule has 1 aromatic rings. The van der Waals surface area contributed by atoms with E-state index < -0.39 is 6.10 Å². The summed E-state index contributed by atoms with van der Waals surface area (Å²) in [5.74, 6) is 2.13. The van der Waals surface area contributed by atoms with Crippen LogP contribution < -0.4 is 14.8 Å². The fourth-order valence-electron chi connectivity index (χ4n) is 3.45. The number of benzene rings is 1. The molecule has 2 aliphatic rings. The number of fused-ring (bicyclic) bond motifs is 1. The molecule has 2 N–H and O–H groups in total. The zero-order valence-electron chi connectivity index (χ0n) is 13.3. The van der Waals surface area contributed by atoms with Crippen molar-refractivity contribution >= 4 is 0 Å². The van der Waals surface area contributed by atoms with Crippen LogP contribution in [0.1, 0.15) is 39.4 Å². The summed E-state index contributed by atoms with van der Waals surface area (Å²) in [6, 6.07) is 5.61. The third-order valence-corrected chi connectivity index (χ3v) is 5.79. The van der Waals surface area contributed by atoms with Crippen LogP contribution in [-0.2, 0) is 0 Å². The minimum Gasteiger partial charge on any atom is -0.454 e. The van der Waals surface area contributed by atoms with Gasteiger partial charge in [0.1, 0.15) is 0 Å². The second-order valence-corrected chi connectivity index (χ2v) is 7.28. The Morgan fingerprint density at radius 2 is 1.86 bits per heavy atom. The van der Waals surface area contributed by atoms with Gasteiger partial charge in [0.25, 0.3) is 0 Å². The normalized spacial score (nSPS) is 23.1. The summed E-state index contributed by atoms with van der Waals surface area (Å²) in [5.41, 5.74) is 1.62. The molecule has 4 heteroatoms. The number of ether oxygens (including phenoxy) is 2. The van der Waals surface area contributed by atoms with E-state index in [1.165, 1.54) is 0 Å². The molecule has 0 aromatic heterocycles. The number of aliphatic hydroxyl groups is 1. The molecule has 3 rings (SSSR count). The van der Waals surface area contributed by atoms with Crippen molar-refractivity contribution in [2.45, 2.75) is 33.8 Å². The third-order valence-electron chi connectivity index (χ3n) is 5.79. The topological polar surface area (TPSA) is 50.7 Å². The lowest BCUT2D eigenvalue weighted by Crippen LogP contribution is -2.25. The van der Waals surface area contributed by atoms with Crippen LogP contribution in [0.2, 0.25) is 0 Å². The van der Waals surface area contributed by atoms with Gasteiger partial charge in [0.05, 0.1) is 6.10 Å². The van der Waals surface area contributed by atoms with Gasteiger partial charge in [0.2, 0.25) is 6.79 Å². The van der Waals surface area contributed by atoms with Gasteiger partial charge >= 0.3 is 0 Å². The molecule has 1 unspecified atom stereocenters. The summed E-state index contributed by atoms with van der Waals surface area (Å²) in [6.07, 6.45) is -0.524. The molecular formula is C17H25NO3. The van der Waals surface area contributed by atoms with Crippen LogP contribution in [0, 0.1) is 16.7 Å². The van der Waals surface area contributed by atoms with E-state index in [0.717, 1.165) is 23.6 Å². The van der Waals surface area contributed by atoms with Gasteiger partial charge in [-0.25, -0.2) is 0 Å². The summed E-state index contributed by atoms with van der Waals surface area (Å²) in [4.78, 5) is 0. The van der Waals surface area contributed by atoms with Gasteiger partial charge < -0.3 is 19.9 Å². The van der Waals surface area contributed by atoms with E-state index in [2.05, 4.69) is 33.0 Å². The Morgan fingerprint density at radius 3 is 2.52 bits per heavy atom. The molecule has 1 aromatic carbocycles. The highest BCUT2D eigenvalue weighted by molar-refractivity contribution is 5.45. The first-order valence-corrected chi connectivity index (χ1v) is 7.62. The highest BCUT2D eigenvalue weighted by Gasteiger charge is 2.63. The first-order valence-electron chi connectivity index (χ1n) is 7.62. The first-order chi connectivity index (χ1) is 9.84. The van der Waals surface area contributed by atoms with Gasteiger partial charge in [-0.2, -0.15) is 0 Å². The summed E-state index contributed by atoms with van der Waals surface area (Å²) in [7, 11) is 0. The van der Waals surface area contributed by atoms with Gasteiger partial charge in [-0.15, -0.1) is 0 Å². The molecule has 21 heavy (non-hydrogen) atoms. The van der Waals surface area contributed by atoms with Crippen molar-refractivity contribution in [2.24, 2.45) is 16.7 Å². The van der Waals surface area contributed by atoms with Crippen LogP contribution in [0.25, 0.3) is 0 Å². The number of hydrogen-bond acceptors (Lipinski definition) is 4. The average Bonchev–Trinajstić information content (AvgIpc) is 2.80. The second kappa shape index (κ2) is 4.89. The Bertz CT molecular complexity index is 525. The van der Waals surface area contributed by atoms with Crippen molar-refractivity contribution in [1.82, 2.24) is 5.32 Å². The molecule has 1 heterocycles. The zero-order valence-corrected chi connectivity index (χ0v) is 13.3. The summed E-state index contributed by atoms with van der Waals surface area (Å²) < 4.78 is 10.6. The Morgan fingerprint density at radius 1 is 1.19 bits per heavy atom. The smallest absolute Gasteiger partial charge is 0.231 e. The van der Waals surface area contributed by atoms with E-state index in [1.807, 2.05) is 18.2 Å². The predicted molar refractivity (Wildman–Crippen MR) is 81.4 cm³/mol. The standard InChI is InChI=1S/C17H25NO3/c1-16(2)15(17(16,3)4)9-18-8-12(19)11-5-6-13-14(7-11)21-10-20-13/h5-7,12,15,18-19H,8-10H2,1-4H3. The van der Waals surface area contributed by atoms with Crippen molar-refractivity contribution in [1.29, 1.82) is 0 Å². The maximum absolute atomic E-state index is 10.3. The van der Waals surface area contributed by atoms with Crippen LogP contribution in [0.3, 0.4) is 0 Å². The summed E-state index contributed by atoms with van der Waals surface area (Å²) in [6.45, 7) is 11.0. The molecule has 4 nitrogen and oxygen atoms in total. The van der Waals surface area contributed by atoms with Gasteiger partial charge in [0.15, 0.2) is 11.5 Å². The zero-order chi connectivity index (χ0) is 15.3. The number of hydrogen-bond donors (Lipinski definition) is 2.